The third-order valence-electron chi connectivity index (χ3n) is 4.33. The highest BCUT2D eigenvalue weighted by Gasteiger charge is 2.42. The Kier molecular flexibility index (Phi) is 1.88. The second-order valence-corrected chi connectivity index (χ2v) is 5.12. The van der Waals surface area contributed by atoms with Crippen LogP contribution in [0.25, 0.3) is 0 Å². The topological polar surface area (TPSA) is 6.48 Å². The van der Waals surface area contributed by atoms with Gasteiger partial charge in [0, 0.05) is 38.3 Å². The SMILES string of the molecule is C[C@@H]1CC[C@H]2[C@@H](C1)N1CCN2CC1. The molecule has 0 aromatic carbocycles. The van der Waals surface area contributed by atoms with Crippen LogP contribution in [0.5, 0.6) is 0 Å². The first-order chi connectivity index (χ1) is 6.34. The molecular weight excluding hydrogens is 160 g/mol. The maximum absolute atomic E-state index is 2.75. The van der Waals surface area contributed by atoms with Gasteiger partial charge in [0.05, 0.1) is 0 Å². The molecule has 1 saturated carbocycles. The largest absolute Gasteiger partial charge is 0.296 e. The summed E-state index contributed by atoms with van der Waals surface area (Å²) < 4.78 is 0. The van der Waals surface area contributed by atoms with Gasteiger partial charge < -0.3 is 0 Å². The zero-order valence-electron chi connectivity index (χ0n) is 8.58. The molecular formula is C11H20N2. The Morgan fingerprint density at radius 3 is 2.15 bits per heavy atom. The van der Waals surface area contributed by atoms with Gasteiger partial charge in [0.2, 0.25) is 0 Å². The van der Waals surface area contributed by atoms with Crippen LogP contribution in [0.2, 0.25) is 0 Å². The highest BCUT2D eigenvalue weighted by Crippen LogP contribution is 2.35. The fourth-order valence-electron chi connectivity index (χ4n) is 3.55. The van der Waals surface area contributed by atoms with Gasteiger partial charge in [-0.2, -0.15) is 0 Å². The zero-order valence-corrected chi connectivity index (χ0v) is 8.58. The second kappa shape index (κ2) is 2.96. The van der Waals surface area contributed by atoms with Crippen LogP contribution in [-0.4, -0.2) is 48.1 Å². The minimum Gasteiger partial charge on any atom is -0.296 e. The molecule has 0 aromatic rings. The molecule has 4 aliphatic rings. The molecule has 0 aromatic heterocycles. The van der Waals surface area contributed by atoms with E-state index in [9.17, 15) is 0 Å². The van der Waals surface area contributed by atoms with Crippen molar-refractivity contribution in [2.45, 2.75) is 38.3 Å². The molecule has 0 radical (unpaired) electrons. The predicted octanol–water partition coefficient (Wildman–Crippen LogP) is 1.17. The van der Waals surface area contributed by atoms with E-state index in [0.29, 0.717) is 0 Å². The Hall–Kier alpha value is -0.0800. The number of fused-ring (bicyclic) bond motifs is 2. The van der Waals surface area contributed by atoms with E-state index < -0.39 is 0 Å². The van der Waals surface area contributed by atoms with Crippen LogP contribution in [-0.2, 0) is 0 Å². The van der Waals surface area contributed by atoms with E-state index in [-0.39, 0.29) is 0 Å². The summed E-state index contributed by atoms with van der Waals surface area (Å²) in [5, 5.41) is 0. The van der Waals surface area contributed by atoms with Crippen molar-refractivity contribution in [3.63, 3.8) is 0 Å². The van der Waals surface area contributed by atoms with E-state index in [2.05, 4.69) is 16.7 Å². The highest BCUT2D eigenvalue weighted by molar-refractivity contribution is 4.99. The van der Waals surface area contributed by atoms with E-state index in [1.165, 1.54) is 45.4 Å². The van der Waals surface area contributed by atoms with Crippen molar-refractivity contribution < 1.29 is 0 Å². The first-order valence-electron chi connectivity index (χ1n) is 5.82. The normalized spacial score (nSPS) is 54.7. The van der Waals surface area contributed by atoms with Gasteiger partial charge in [0.25, 0.3) is 0 Å². The smallest absolute Gasteiger partial charge is 0.0255 e. The number of piperazine rings is 3. The van der Waals surface area contributed by atoms with Crippen LogP contribution >= 0.6 is 0 Å². The molecule has 3 aliphatic heterocycles. The number of hydrogen-bond donors (Lipinski definition) is 0. The molecule has 13 heavy (non-hydrogen) atoms. The molecule has 0 amide bonds. The second-order valence-electron chi connectivity index (χ2n) is 5.12. The van der Waals surface area contributed by atoms with Crippen molar-refractivity contribution in [3.8, 4) is 0 Å². The maximum Gasteiger partial charge on any atom is 0.0255 e. The Bertz CT molecular complexity index is 196. The first kappa shape index (κ1) is 8.25. The summed E-state index contributed by atoms with van der Waals surface area (Å²) in [5.41, 5.74) is 0. The molecule has 0 spiro atoms. The molecule has 2 nitrogen and oxygen atoms in total. The predicted molar refractivity (Wildman–Crippen MR) is 53.7 cm³/mol. The summed E-state index contributed by atoms with van der Waals surface area (Å²) in [4.78, 5) is 5.50. The van der Waals surface area contributed by atoms with Gasteiger partial charge in [0.15, 0.2) is 0 Å². The molecule has 0 unspecified atom stereocenters. The van der Waals surface area contributed by atoms with E-state index >= 15 is 0 Å². The van der Waals surface area contributed by atoms with E-state index in [0.717, 1.165) is 18.0 Å². The lowest BCUT2D eigenvalue weighted by Gasteiger charge is -2.56. The van der Waals surface area contributed by atoms with E-state index in [1.54, 1.807) is 0 Å². The van der Waals surface area contributed by atoms with Gasteiger partial charge >= 0.3 is 0 Å². The Balaban J connectivity index is 1.80. The summed E-state index contributed by atoms with van der Waals surface area (Å²) >= 11 is 0. The average Bonchev–Trinajstić information content (AvgIpc) is 2.19. The lowest BCUT2D eigenvalue weighted by Crippen LogP contribution is -2.67. The summed E-state index contributed by atoms with van der Waals surface area (Å²) in [6, 6.07) is 1.85. The molecule has 3 atom stereocenters. The summed E-state index contributed by atoms with van der Waals surface area (Å²) in [5.74, 6) is 0.974. The highest BCUT2D eigenvalue weighted by atomic mass is 15.4. The van der Waals surface area contributed by atoms with Gasteiger partial charge in [-0.05, 0) is 25.2 Å². The van der Waals surface area contributed by atoms with Gasteiger partial charge in [-0.15, -0.1) is 0 Å². The van der Waals surface area contributed by atoms with Crippen LogP contribution < -0.4 is 0 Å². The third kappa shape index (κ3) is 1.23. The van der Waals surface area contributed by atoms with E-state index in [1.807, 2.05) is 0 Å². The monoisotopic (exact) mass is 180 g/mol. The Labute approximate surface area is 80.9 Å². The Morgan fingerprint density at radius 1 is 0.846 bits per heavy atom. The lowest BCUT2D eigenvalue weighted by atomic mass is 9.79. The summed E-state index contributed by atoms with van der Waals surface area (Å²) in [6.45, 7) is 7.79. The fraction of sp³-hybridized carbons (Fsp3) is 1.00. The Morgan fingerprint density at radius 2 is 1.46 bits per heavy atom. The summed E-state index contributed by atoms with van der Waals surface area (Å²) in [6.07, 6.45) is 4.38. The first-order valence-corrected chi connectivity index (χ1v) is 5.82. The minimum atomic E-state index is 0.922. The summed E-state index contributed by atoms with van der Waals surface area (Å²) in [7, 11) is 0. The quantitative estimate of drug-likeness (QED) is 0.552. The molecule has 74 valence electrons. The van der Waals surface area contributed by atoms with Crippen molar-refractivity contribution in [1.29, 1.82) is 0 Å². The van der Waals surface area contributed by atoms with E-state index in [4.69, 9.17) is 0 Å². The molecule has 2 bridgehead atoms. The van der Waals surface area contributed by atoms with Crippen LogP contribution in [0.3, 0.4) is 0 Å². The molecule has 4 rings (SSSR count). The van der Waals surface area contributed by atoms with Crippen molar-refractivity contribution >= 4 is 0 Å². The van der Waals surface area contributed by atoms with Crippen molar-refractivity contribution in [2.75, 3.05) is 26.2 Å². The van der Waals surface area contributed by atoms with Gasteiger partial charge in [-0.1, -0.05) is 6.92 Å². The van der Waals surface area contributed by atoms with Crippen molar-refractivity contribution in [2.24, 2.45) is 5.92 Å². The zero-order chi connectivity index (χ0) is 8.84. The molecule has 1 aliphatic carbocycles. The van der Waals surface area contributed by atoms with Gasteiger partial charge in [0.1, 0.15) is 0 Å². The van der Waals surface area contributed by atoms with Crippen LogP contribution in [0.1, 0.15) is 26.2 Å². The molecule has 4 fully saturated rings. The number of hydrogen-bond acceptors (Lipinski definition) is 2. The van der Waals surface area contributed by atoms with Crippen LogP contribution in [0.4, 0.5) is 0 Å². The molecule has 3 heterocycles. The van der Waals surface area contributed by atoms with Crippen LogP contribution in [0.15, 0.2) is 0 Å². The average molecular weight is 180 g/mol. The number of rotatable bonds is 0. The van der Waals surface area contributed by atoms with Crippen molar-refractivity contribution in [1.82, 2.24) is 9.80 Å². The van der Waals surface area contributed by atoms with Gasteiger partial charge in [-0.25, -0.2) is 0 Å². The standard InChI is InChI=1S/C11H20N2/c1-9-2-3-10-11(8-9)13-6-4-12(10)5-7-13/h9-11H,2-8H2,1H3/t9-,10+,11-/m1/s1. The minimum absolute atomic E-state index is 0.922. The molecule has 3 saturated heterocycles. The van der Waals surface area contributed by atoms with Crippen LogP contribution in [0, 0.1) is 5.92 Å². The molecule has 0 N–H and O–H groups in total. The third-order valence-corrected chi connectivity index (χ3v) is 4.33. The van der Waals surface area contributed by atoms with Crippen molar-refractivity contribution in [3.05, 3.63) is 0 Å². The van der Waals surface area contributed by atoms with Gasteiger partial charge in [-0.3, -0.25) is 9.80 Å². The maximum atomic E-state index is 2.75. The lowest BCUT2D eigenvalue weighted by molar-refractivity contribution is -0.0636. The molecule has 2 heteroatoms. The fourth-order valence-corrected chi connectivity index (χ4v) is 3.55. The number of nitrogens with zero attached hydrogens (tertiary/aromatic N) is 2.